The summed E-state index contributed by atoms with van der Waals surface area (Å²) in [6.07, 6.45) is 4.78. The van der Waals surface area contributed by atoms with Crippen molar-refractivity contribution in [1.29, 1.82) is 0 Å². The van der Waals surface area contributed by atoms with Crippen LogP contribution in [0.3, 0.4) is 0 Å². The highest BCUT2D eigenvalue weighted by Crippen LogP contribution is 2.26. The van der Waals surface area contributed by atoms with E-state index in [1.807, 2.05) is 0 Å². The van der Waals surface area contributed by atoms with Crippen LogP contribution in [0.25, 0.3) is 0 Å². The lowest BCUT2D eigenvalue weighted by molar-refractivity contribution is 0.668. The van der Waals surface area contributed by atoms with Crippen LogP contribution >= 0.6 is 15.9 Å². The summed E-state index contributed by atoms with van der Waals surface area (Å²) in [5, 5.41) is 0. The van der Waals surface area contributed by atoms with E-state index in [2.05, 4.69) is 27.0 Å². The molecule has 0 fully saturated rings. The number of nitrogens with two attached hydrogens (primary N) is 1. The molecule has 0 atom stereocenters. The van der Waals surface area contributed by atoms with Crippen LogP contribution in [-0.4, -0.2) is 4.98 Å². The van der Waals surface area contributed by atoms with Crippen LogP contribution in [0.1, 0.15) is 24.1 Å². The fourth-order valence-corrected chi connectivity index (χ4v) is 1.99. The van der Waals surface area contributed by atoms with Crippen LogP contribution in [0.2, 0.25) is 0 Å². The summed E-state index contributed by atoms with van der Waals surface area (Å²) in [5.41, 5.74) is 8.25. The van der Waals surface area contributed by atoms with Crippen LogP contribution in [0.5, 0.6) is 0 Å². The second-order valence-electron chi connectivity index (χ2n) is 3.17. The lowest BCUT2D eigenvalue weighted by Crippen LogP contribution is -2.07. The predicted octanol–water partition coefficient (Wildman–Crippen LogP) is 2.31. The summed E-state index contributed by atoms with van der Waals surface area (Å²) in [6, 6.07) is 2.11. The van der Waals surface area contributed by atoms with Gasteiger partial charge in [0.15, 0.2) is 0 Å². The van der Waals surface area contributed by atoms with Crippen LogP contribution in [0.15, 0.2) is 10.5 Å². The summed E-state index contributed by atoms with van der Waals surface area (Å²) in [4.78, 5) is 4.34. The van der Waals surface area contributed by atoms with Gasteiger partial charge in [0.05, 0.1) is 4.47 Å². The zero-order valence-corrected chi connectivity index (χ0v) is 8.39. The number of aryl methyl sites for hydroxylation is 2. The van der Waals surface area contributed by atoms with E-state index in [9.17, 15) is 0 Å². The summed E-state index contributed by atoms with van der Waals surface area (Å²) < 4.78 is 0.933. The molecule has 0 aliphatic heterocycles. The van der Waals surface area contributed by atoms with Gasteiger partial charge in [0.1, 0.15) is 5.82 Å². The monoisotopic (exact) mass is 226 g/mol. The first-order valence-electron chi connectivity index (χ1n) is 4.21. The first kappa shape index (κ1) is 8.05. The molecule has 2 nitrogen and oxygen atoms in total. The van der Waals surface area contributed by atoms with E-state index in [-0.39, 0.29) is 0 Å². The normalized spacial score (nSPS) is 15.8. The van der Waals surface area contributed by atoms with Crippen molar-refractivity contribution >= 4 is 21.7 Å². The second-order valence-corrected chi connectivity index (χ2v) is 4.02. The summed E-state index contributed by atoms with van der Waals surface area (Å²) >= 11 is 3.39. The smallest absolute Gasteiger partial charge is 0.138 e. The van der Waals surface area contributed by atoms with Gasteiger partial charge in [0.25, 0.3) is 0 Å². The summed E-state index contributed by atoms with van der Waals surface area (Å²) in [5.74, 6) is 0.621. The Labute approximate surface area is 80.3 Å². The molecule has 0 saturated carbocycles. The van der Waals surface area contributed by atoms with Crippen molar-refractivity contribution in [2.45, 2.75) is 25.7 Å². The van der Waals surface area contributed by atoms with Gasteiger partial charge in [-0.05, 0) is 53.2 Å². The largest absolute Gasteiger partial charge is 0.383 e. The fourth-order valence-electron chi connectivity index (χ4n) is 1.62. The summed E-state index contributed by atoms with van der Waals surface area (Å²) in [7, 11) is 0. The lowest BCUT2D eigenvalue weighted by Gasteiger charge is -2.15. The number of nitrogen functional groups attached to an aromatic ring is 1. The number of aromatic nitrogens is 1. The zero-order chi connectivity index (χ0) is 8.55. The van der Waals surface area contributed by atoms with Gasteiger partial charge in [0.2, 0.25) is 0 Å². The highest BCUT2D eigenvalue weighted by molar-refractivity contribution is 9.10. The first-order chi connectivity index (χ1) is 5.77. The number of hydrogen-bond acceptors (Lipinski definition) is 2. The third-order valence-electron chi connectivity index (χ3n) is 2.28. The van der Waals surface area contributed by atoms with E-state index in [1.165, 1.54) is 24.1 Å². The molecule has 1 aromatic rings. The van der Waals surface area contributed by atoms with E-state index in [0.29, 0.717) is 5.82 Å². The van der Waals surface area contributed by atoms with Gasteiger partial charge < -0.3 is 5.73 Å². The Bertz CT molecular complexity index is 279. The molecule has 2 rings (SSSR count). The molecule has 0 spiro atoms. The molecule has 3 heteroatoms. The highest BCUT2D eigenvalue weighted by atomic mass is 79.9. The molecule has 0 saturated heterocycles. The molecule has 1 aliphatic rings. The van der Waals surface area contributed by atoms with Gasteiger partial charge in [-0.15, -0.1) is 0 Å². The minimum Gasteiger partial charge on any atom is -0.383 e. The predicted molar refractivity (Wildman–Crippen MR) is 53.0 cm³/mol. The van der Waals surface area contributed by atoms with Gasteiger partial charge >= 0.3 is 0 Å². The van der Waals surface area contributed by atoms with Gasteiger partial charge in [-0.1, -0.05) is 0 Å². The SMILES string of the molecule is Nc1nc2c(cc1Br)CCCC2. The highest BCUT2D eigenvalue weighted by Gasteiger charge is 2.12. The fraction of sp³-hybridized carbons (Fsp3) is 0.444. The number of pyridine rings is 1. The molecule has 64 valence electrons. The van der Waals surface area contributed by atoms with Crippen molar-refractivity contribution in [2.24, 2.45) is 0 Å². The van der Waals surface area contributed by atoms with Crippen molar-refractivity contribution in [3.05, 3.63) is 21.8 Å². The van der Waals surface area contributed by atoms with Crippen LogP contribution in [0.4, 0.5) is 5.82 Å². The maximum atomic E-state index is 5.69. The molecule has 0 radical (unpaired) electrons. The Morgan fingerprint density at radius 1 is 1.33 bits per heavy atom. The Balaban J connectivity index is 2.49. The maximum absolute atomic E-state index is 5.69. The van der Waals surface area contributed by atoms with Gasteiger partial charge in [0, 0.05) is 5.69 Å². The molecule has 0 unspecified atom stereocenters. The second kappa shape index (κ2) is 3.05. The molecule has 1 aliphatic carbocycles. The Morgan fingerprint density at radius 2 is 2.08 bits per heavy atom. The van der Waals surface area contributed by atoms with Crippen LogP contribution in [0, 0.1) is 0 Å². The van der Waals surface area contributed by atoms with E-state index < -0.39 is 0 Å². The van der Waals surface area contributed by atoms with Gasteiger partial charge in [-0.3, -0.25) is 0 Å². The van der Waals surface area contributed by atoms with Crippen LogP contribution < -0.4 is 5.73 Å². The Kier molecular flexibility index (Phi) is 2.05. The summed E-state index contributed by atoms with van der Waals surface area (Å²) in [6.45, 7) is 0. The number of fused-ring (bicyclic) bond motifs is 1. The first-order valence-corrected chi connectivity index (χ1v) is 5.00. The minimum atomic E-state index is 0.621. The molecule has 2 N–H and O–H groups in total. The topological polar surface area (TPSA) is 38.9 Å². The molecular weight excluding hydrogens is 216 g/mol. The van der Waals surface area contributed by atoms with E-state index >= 15 is 0 Å². The molecule has 0 bridgehead atoms. The minimum absolute atomic E-state index is 0.621. The standard InChI is InChI=1S/C9H11BrN2/c10-7-5-6-3-1-2-4-8(6)12-9(7)11/h5H,1-4H2,(H2,11,12). The third kappa shape index (κ3) is 1.33. The lowest BCUT2D eigenvalue weighted by atomic mass is 9.96. The van der Waals surface area contributed by atoms with Gasteiger partial charge in [-0.25, -0.2) is 4.98 Å². The zero-order valence-electron chi connectivity index (χ0n) is 6.81. The van der Waals surface area contributed by atoms with Crippen molar-refractivity contribution in [1.82, 2.24) is 4.98 Å². The number of hydrogen-bond donors (Lipinski definition) is 1. The van der Waals surface area contributed by atoms with Crippen molar-refractivity contribution in [3.8, 4) is 0 Å². The third-order valence-corrected chi connectivity index (χ3v) is 2.92. The molecule has 0 aromatic carbocycles. The molecule has 12 heavy (non-hydrogen) atoms. The number of rotatable bonds is 0. The van der Waals surface area contributed by atoms with Crippen molar-refractivity contribution in [2.75, 3.05) is 5.73 Å². The molecule has 1 heterocycles. The number of nitrogens with zero attached hydrogens (tertiary/aromatic N) is 1. The van der Waals surface area contributed by atoms with Crippen LogP contribution in [-0.2, 0) is 12.8 Å². The maximum Gasteiger partial charge on any atom is 0.138 e. The molecule has 1 aromatic heterocycles. The Hall–Kier alpha value is -0.570. The number of halogens is 1. The van der Waals surface area contributed by atoms with E-state index in [1.54, 1.807) is 0 Å². The van der Waals surface area contributed by atoms with Gasteiger partial charge in [-0.2, -0.15) is 0 Å². The molecular formula is C9H11BrN2. The average Bonchev–Trinajstić information content (AvgIpc) is 2.07. The van der Waals surface area contributed by atoms with E-state index in [0.717, 1.165) is 17.3 Å². The van der Waals surface area contributed by atoms with E-state index in [4.69, 9.17) is 5.73 Å². The van der Waals surface area contributed by atoms with Crippen molar-refractivity contribution < 1.29 is 0 Å². The quantitative estimate of drug-likeness (QED) is 0.738. The number of anilines is 1. The molecule has 0 amide bonds. The Morgan fingerprint density at radius 3 is 2.92 bits per heavy atom. The average molecular weight is 227 g/mol. The van der Waals surface area contributed by atoms with Crippen molar-refractivity contribution in [3.63, 3.8) is 0 Å².